The van der Waals surface area contributed by atoms with Gasteiger partial charge in [-0.15, -0.1) is 0 Å². The second kappa shape index (κ2) is 6.19. The Hall–Kier alpha value is -1.35. The maximum absolute atomic E-state index is 10.7. The molecule has 2 N–H and O–H groups in total. The van der Waals surface area contributed by atoms with Crippen LogP contribution in [0.25, 0.3) is 0 Å². The highest BCUT2D eigenvalue weighted by molar-refractivity contribution is 5.69. The molecule has 0 aromatic heterocycles. The zero-order chi connectivity index (χ0) is 11.1. The topological polar surface area (TPSA) is 52.3 Å². The average molecular weight is 207 g/mol. The molecule has 0 aliphatic rings. The van der Waals surface area contributed by atoms with Gasteiger partial charge in [0, 0.05) is 6.92 Å². The number of aryl methyl sites for hydroxylation is 1. The third kappa shape index (κ3) is 4.61. The van der Waals surface area contributed by atoms with Crippen molar-refractivity contribution in [3.05, 3.63) is 29.8 Å². The fraction of sp³-hybridized carbons (Fsp3) is 0.417. The molecule has 0 spiro atoms. The Morgan fingerprint density at radius 2 is 1.93 bits per heavy atom. The Bertz CT molecular complexity index is 306. The van der Waals surface area contributed by atoms with Gasteiger partial charge in [0.15, 0.2) is 0 Å². The van der Waals surface area contributed by atoms with Gasteiger partial charge in [-0.2, -0.15) is 0 Å². The van der Waals surface area contributed by atoms with Crippen molar-refractivity contribution >= 4 is 5.97 Å². The third-order valence-electron chi connectivity index (χ3n) is 2.10. The van der Waals surface area contributed by atoms with Crippen LogP contribution in [0.15, 0.2) is 24.3 Å². The Morgan fingerprint density at radius 3 is 2.47 bits per heavy atom. The van der Waals surface area contributed by atoms with E-state index in [0.29, 0.717) is 5.75 Å². The second-order valence-corrected chi connectivity index (χ2v) is 3.48. The molecule has 0 saturated carbocycles. The number of unbranched alkanes of at least 4 members (excludes halogenated alkanes) is 1. The van der Waals surface area contributed by atoms with Gasteiger partial charge >= 0.3 is 5.97 Å². The van der Waals surface area contributed by atoms with Crippen molar-refractivity contribution in [3.8, 4) is 5.75 Å². The minimum absolute atomic E-state index is 0.286. The quantitative estimate of drug-likeness (QED) is 0.455. The largest absolute Gasteiger partial charge is 0.427 e. The zero-order valence-corrected chi connectivity index (χ0v) is 9.03. The molecule has 0 amide bonds. The molecule has 1 rings (SSSR count). The summed E-state index contributed by atoms with van der Waals surface area (Å²) in [6.07, 6.45) is 3.17. The summed E-state index contributed by atoms with van der Waals surface area (Å²) in [6.45, 7) is 2.14. The van der Waals surface area contributed by atoms with Gasteiger partial charge in [0.1, 0.15) is 5.75 Å². The van der Waals surface area contributed by atoms with E-state index in [1.54, 1.807) is 0 Å². The molecule has 15 heavy (non-hydrogen) atoms. The van der Waals surface area contributed by atoms with Gasteiger partial charge in [0.25, 0.3) is 0 Å². The van der Waals surface area contributed by atoms with Gasteiger partial charge in [0.05, 0.1) is 0 Å². The monoisotopic (exact) mass is 207 g/mol. The number of hydrogen-bond donors (Lipinski definition) is 1. The second-order valence-electron chi connectivity index (χ2n) is 3.48. The molecule has 0 heterocycles. The van der Waals surface area contributed by atoms with Crippen LogP contribution < -0.4 is 10.5 Å². The molecule has 82 valence electrons. The van der Waals surface area contributed by atoms with E-state index >= 15 is 0 Å². The number of nitrogens with two attached hydrogens (primary N) is 1. The summed E-state index contributed by atoms with van der Waals surface area (Å²) in [4.78, 5) is 10.7. The fourth-order valence-corrected chi connectivity index (χ4v) is 1.36. The van der Waals surface area contributed by atoms with Crippen molar-refractivity contribution in [1.82, 2.24) is 0 Å². The van der Waals surface area contributed by atoms with E-state index in [2.05, 4.69) is 0 Å². The molecular formula is C12H17NO2. The molecule has 1 aromatic rings. The van der Waals surface area contributed by atoms with Crippen LogP contribution in [0.4, 0.5) is 0 Å². The molecule has 0 unspecified atom stereocenters. The van der Waals surface area contributed by atoms with Crippen molar-refractivity contribution in [2.45, 2.75) is 26.2 Å². The highest BCUT2D eigenvalue weighted by atomic mass is 16.5. The normalized spacial score (nSPS) is 10.0. The summed E-state index contributed by atoms with van der Waals surface area (Å²) < 4.78 is 4.94. The number of hydrogen-bond acceptors (Lipinski definition) is 3. The standard InChI is InChI=1S/C12H17NO2/c1-10(14)15-12-7-5-11(6-8-12)4-2-3-9-13/h5-8H,2-4,9,13H2,1H3. The van der Waals surface area contributed by atoms with Crippen LogP contribution in [-0.4, -0.2) is 12.5 Å². The minimum atomic E-state index is -0.286. The predicted molar refractivity (Wildman–Crippen MR) is 59.7 cm³/mol. The van der Waals surface area contributed by atoms with Crippen molar-refractivity contribution in [3.63, 3.8) is 0 Å². The smallest absolute Gasteiger partial charge is 0.308 e. The number of carbonyl (C=O) groups is 1. The van der Waals surface area contributed by atoms with Crippen LogP contribution in [0.2, 0.25) is 0 Å². The zero-order valence-electron chi connectivity index (χ0n) is 9.03. The summed E-state index contributed by atoms with van der Waals surface area (Å²) in [7, 11) is 0. The van der Waals surface area contributed by atoms with E-state index < -0.39 is 0 Å². The van der Waals surface area contributed by atoms with E-state index in [-0.39, 0.29) is 5.97 Å². The fourth-order valence-electron chi connectivity index (χ4n) is 1.36. The van der Waals surface area contributed by atoms with Crippen molar-refractivity contribution in [1.29, 1.82) is 0 Å². The molecule has 0 aliphatic heterocycles. The van der Waals surface area contributed by atoms with Crippen molar-refractivity contribution in [2.24, 2.45) is 5.73 Å². The average Bonchev–Trinajstić information content (AvgIpc) is 2.20. The first kappa shape index (κ1) is 11.7. The Labute approximate surface area is 90.2 Å². The van der Waals surface area contributed by atoms with Crippen LogP contribution in [0.1, 0.15) is 25.3 Å². The first-order valence-electron chi connectivity index (χ1n) is 5.20. The minimum Gasteiger partial charge on any atom is -0.427 e. The van der Waals surface area contributed by atoms with E-state index in [0.717, 1.165) is 25.8 Å². The molecule has 0 saturated heterocycles. The molecule has 1 aromatic carbocycles. The summed E-state index contributed by atoms with van der Waals surface area (Å²) in [6, 6.07) is 7.60. The Balaban J connectivity index is 2.45. The summed E-state index contributed by atoms with van der Waals surface area (Å²) in [5.41, 5.74) is 6.66. The van der Waals surface area contributed by atoms with Gasteiger partial charge in [-0.3, -0.25) is 4.79 Å². The van der Waals surface area contributed by atoms with Gasteiger partial charge < -0.3 is 10.5 Å². The molecule has 3 heteroatoms. The highest BCUT2D eigenvalue weighted by Crippen LogP contribution is 2.13. The SMILES string of the molecule is CC(=O)Oc1ccc(CCCCN)cc1. The number of rotatable bonds is 5. The maximum atomic E-state index is 10.7. The van der Waals surface area contributed by atoms with Gasteiger partial charge in [-0.1, -0.05) is 12.1 Å². The first-order chi connectivity index (χ1) is 7.22. The molecule has 0 fully saturated rings. The lowest BCUT2D eigenvalue weighted by atomic mass is 10.1. The molecule has 0 aliphatic carbocycles. The van der Waals surface area contributed by atoms with E-state index in [1.807, 2.05) is 24.3 Å². The lowest BCUT2D eigenvalue weighted by molar-refractivity contribution is -0.131. The van der Waals surface area contributed by atoms with Gasteiger partial charge in [-0.25, -0.2) is 0 Å². The predicted octanol–water partition coefficient (Wildman–Crippen LogP) is 1.89. The summed E-state index contributed by atoms with van der Waals surface area (Å²) in [5.74, 6) is 0.316. The number of ether oxygens (including phenoxy) is 1. The van der Waals surface area contributed by atoms with Crippen LogP contribution in [-0.2, 0) is 11.2 Å². The van der Waals surface area contributed by atoms with Gasteiger partial charge in [-0.05, 0) is 43.5 Å². The number of benzene rings is 1. The van der Waals surface area contributed by atoms with Crippen LogP contribution in [0.5, 0.6) is 5.75 Å². The van der Waals surface area contributed by atoms with Crippen LogP contribution in [0, 0.1) is 0 Å². The van der Waals surface area contributed by atoms with E-state index in [1.165, 1.54) is 12.5 Å². The van der Waals surface area contributed by atoms with Crippen molar-refractivity contribution in [2.75, 3.05) is 6.54 Å². The molecule has 0 bridgehead atoms. The number of esters is 1. The summed E-state index contributed by atoms with van der Waals surface area (Å²) in [5, 5.41) is 0. The Morgan fingerprint density at radius 1 is 1.27 bits per heavy atom. The Kier molecular flexibility index (Phi) is 4.84. The molecule has 0 radical (unpaired) electrons. The van der Waals surface area contributed by atoms with E-state index in [4.69, 9.17) is 10.5 Å². The van der Waals surface area contributed by atoms with Crippen LogP contribution in [0.3, 0.4) is 0 Å². The molecule has 0 atom stereocenters. The number of carbonyl (C=O) groups excluding carboxylic acids is 1. The van der Waals surface area contributed by atoms with E-state index in [9.17, 15) is 4.79 Å². The lowest BCUT2D eigenvalue weighted by Gasteiger charge is -2.03. The lowest BCUT2D eigenvalue weighted by Crippen LogP contribution is -2.01. The first-order valence-corrected chi connectivity index (χ1v) is 5.20. The molecular weight excluding hydrogens is 190 g/mol. The maximum Gasteiger partial charge on any atom is 0.308 e. The van der Waals surface area contributed by atoms with Crippen LogP contribution >= 0.6 is 0 Å². The highest BCUT2D eigenvalue weighted by Gasteiger charge is 1.98. The van der Waals surface area contributed by atoms with Crippen molar-refractivity contribution < 1.29 is 9.53 Å². The summed E-state index contributed by atoms with van der Waals surface area (Å²) >= 11 is 0. The third-order valence-corrected chi connectivity index (χ3v) is 2.10. The molecule has 3 nitrogen and oxygen atoms in total. The van der Waals surface area contributed by atoms with Gasteiger partial charge in [0.2, 0.25) is 0 Å².